The lowest BCUT2D eigenvalue weighted by Gasteiger charge is -2.23. The molecule has 0 radical (unpaired) electrons. The van der Waals surface area contributed by atoms with Crippen LogP contribution in [0.5, 0.6) is 0 Å². The summed E-state index contributed by atoms with van der Waals surface area (Å²) in [7, 11) is 1.85. The number of nitrogens with zero attached hydrogens (tertiary/aromatic N) is 4. The molecule has 1 aliphatic rings. The highest BCUT2D eigenvalue weighted by atomic mass is 16.5. The summed E-state index contributed by atoms with van der Waals surface area (Å²) in [5.74, 6) is 1.28. The van der Waals surface area contributed by atoms with Crippen LogP contribution in [0.25, 0.3) is 5.82 Å². The lowest BCUT2D eigenvalue weighted by molar-refractivity contribution is 0.0730. The van der Waals surface area contributed by atoms with Crippen LogP contribution >= 0.6 is 0 Å². The van der Waals surface area contributed by atoms with Gasteiger partial charge in [-0.2, -0.15) is 5.10 Å². The molecule has 0 bridgehead atoms. The van der Waals surface area contributed by atoms with E-state index in [0.29, 0.717) is 18.0 Å². The molecule has 6 heteroatoms. The van der Waals surface area contributed by atoms with Gasteiger partial charge in [0.1, 0.15) is 11.4 Å². The molecule has 1 fully saturated rings. The number of hydrogen-bond acceptors (Lipinski definition) is 3. The van der Waals surface area contributed by atoms with Gasteiger partial charge in [0.15, 0.2) is 0 Å². The minimum absolute atomic E-state index is 0.0335. The first-order chi connectivity index (χ1) is 10.7. The molecule has 1 aliphatic heterocycles. The molecular formula is C16H22N4O2. The van der Waals surface area contributed by atoms with Crippen LogP contribution in [0.3, 0.4) is 0 Å². The van der Waals surface area contributed by atoms with E-state index in [-0.39, 0.29) is 5.91 Å². The Hall–Kier alpha value is -2.08. The fourth-order valence-corrected chi connectivity index (χ4v) is 2.93. The van der Waals surface area contributed by atoms with Crippen LogP contribution in [0.4, 0.5) is 0 Å². The standard InChI is InChI=1S/C16H22N4O2/c1-3-19(11-13-6-9-22-12-13)16(21)14-10-17-18(2)15(14)20-7-4-5-8-20/h4-5,7-8,10,13H,3,6,9,11-12H2,1-2H3. The summed E-state index contributed by atoms with van der Waals surface area (Å²) in [5.41, 5.74) is 0.638. The third kappa shape index (κ3) is 2.78. The van der Waals surface area contributed by atoms with Crippen LogP contribution in [0, 0.1) is 5.92 Å². The van der Waals surface area contributed by atoms with E-state index < -0.39 is 0 Å². The fourth-order valence-electron chi connectivity index (χ4n) is 2.93. The van der Waals surface area contributed by atoms with Crippen LogP contribution in [-0.4, -0.2) is 51.5 Å². The number of ether oxygens (including phenoxy) is 1. The van der Waals surface area contributed by atoms with E-state index in [0.717, 1.165) is 32.0 Å². The highest BCUT2D eigenvalue weighted by Crippen LogP contribution is 2.19. The number of aryl methyl sites for hydroxylation is 1. The van der Waals surface area contributed by atoms with Crippen molar-refractivity contribution >= 4 is 5.91 Å². The van der Waals surface area contributed by atoms with E-state index in [2.05, 4.69) is 5.10 Å². The van der Waals surface area contributed by atoms with Crippen molar-refractivity contribution in [2.45, 2.75) is 13.3 Å². The van der Waals surface area contributed by atoms with E-state index in [1.54, 1.807) is 10.9 Å². The minimum Gasteiger partial charge on any atom is -0.381 e. The topological polar surface area (TPSA) is 52.3 Å². The molecule has 3 heterocycles. The van der Waals surface area contributed by atoms with Crippen molar-refractivity contribution in [3.8, 4) is 5.82 Å². The maximum Gasteiger partial charge on any atom is 0.259 e. The molecule has 0 saturated carbocycles. The van der Waals surface area contributed by atoms with Crippen LogP contribution in [-0.2, 0) is 11.8 Å². The second-order valence-electron chi connectivity index (χ2n) is 5.67. The number of carbonyl (C=O) groups is 1. The summed E-state index contributed by atoms with van der Waals surface area (Å²) in [6, 6.07) is 3.88. The maximum absolute atomic E-state index is 12.9. The van der Waals surface area contributed by atoms with Crippen molar-refractivity contribution in [2.24, 2.45) is 13.0 Å². The van der Waals surface area contributed by atoms with Gasteiger partial charge in [-0.25, -0.2) is 0 Å². The molecule has 6 nitrogen and oxygen atoms in total. The predicted molar refractivity (Wildman–Crippen MR) is 83.0 cm³/mol. The number of carbonyl (C=O) groups excluding carboxylic acids is 1. The van der Waals surface area contributed by atoms with Gasteiger partial charge in [0.05, 0.1) is 12.8 Å². The Kier molecular flexibility index (Phi) is 4.29. The van der Waals surface area contributed by atoms with Crippen molar-refractivity contribution in [2.75, 3.05) is 26.3 Å². The third-order valence-corrected chi connectivity index (χ3v) is 4.16. The average molecular weight is 302 g/mol. The number of rotatable bonds is 5. The number of aromatic nitrogens is 3. The molecule has 2 aromatic rings. The second-order valence-corrected chi connectivity index (χ2v) is 5.67. The van der Waals surface area contributed by atoms with Gasteiger partial charge in [0.2, 0.25) is 0 Å². The van der Waals surface area contributed by atoms with Gasteiger partial charge in [0, 0.05) is 45.1 Å². The normalized spacial score (nSPS) is 17.8. The Labute approximate surface area is 130 Å². The van der Waals surface area contributed by atoms with Gasteiger partial charge >= 0.3 is 0 Å². The molecule has 3 rings (SSSR count). The number of hydrogen-bond donors (Lipinski definition) is 0. The quantitative estimate of drug-likeness (QED) is 0.845. The number of amides is 1. The van der Waals surface area contributed by atoms with E-state index in [1.807, 2.05) is 48.0 Å². The zero-order chi connectivity index (χ0) is 15.5. The van der Waals surface area contributed by atoms with E-state index in [1.165, 1.54) is 0 Å². The molecule has 1 unspecified atom stereocenters. The highest BCUT2D eigenvalue weighted by Gasteiger charge is 2.25. The largest absolute Gasteiger partial charge is 0.381 e. The summed E-state index contributed by atoms with van der Waals surface area (Å²) < 4.78 is 9.08. The zero-order valence-electron chi connectivity index (χ0n) is 13.1. The first kappa shape index (κ1) is 14.8. The van der Waals surface area contributed by atoms with Gasteiger partial charge in [-0.3, -0.25) is 9.48 Å². The third-order valence-electron chi connectivity index (χ3n) is 4.16. The van der Waals surface area contributed by atoms with Gasteiger partial charge in [-0.1, -0.05) is 0 Å². The van der Waals surface area contributed by atoms with Crippen LogP contribution < -0.4 is 0 Å². The summed E-state index contributed by atoms with van der Waals surface area (Å²) in [6.07, 6.45) is 6.54. The fraction of sp³-hybridized carbons (Fsp3) is 0.500. The van der Waals surface area contributed by atoms with Crippen molar-refractivity contribution in [3.63, 3.8) is 0 Å². The van der Waals surface area contributed by atoms with Crippen LogP contribution in [0.15, 0.2) is 30.7 Å². The molecule has 0 spiro atoms. The van der Waals surface area contributed by atoms with Crippen LogP contribution in [0.2, 0.25) is 0 Å². The molecular weight excluding hydrogens is 280 g/mol. The molecule has 1 amide bonds. The van der Waals surface area contributed by atoms with E-state index >= 15 is 0 Å². The molecule has 0 N–H and O–H groups in total. The summed E-state index contributed by atoms with van der Waals surface area (Å²) >= 11 is 0. The van der Waals surface area contributed by atoms with Crippen molar-refractivity contribution in [1.82, 2.24) is 19.2 Å². The van der Waals surface area contributed by atoms with Gasteiger partial charge in [0.25, 0.3) is 5.91 Å². The highest BCUT2D eigenvalue weighted by molar-refractivity contribution is 5.97. The molecule has 0 aliphatic carbocycles. The smallest absolute Gasteiger partial charge is 0.259 e. The lowest BCUT2D eigenvalue weighted by atomic mass is 10.1. The molecule has 2 aromatic heterocycles. The molecule has 1 atom stereocenters. The molecule has 118 valence electrons. The molecule has 1 saturated heterocycles. The first-order valence-corrected chi connectivity index (χ1v) is 7.73. The Bertz CT molecular complexity index is 627. The minimum atomic E-state index is 0.0335. The van der Waals surface area contributed by atoms with Gasteiger partial charge < -0.3 is 14.2 Å². The summed E-state index contributed by atoms with van der Waals surface area (Å²) in [5, 5.41) is 4.27. The first-order valence-electron chi connectivity index (χ1n) is 7.73. The molecule has 0 aromatic carbocycles. The van der Waals surface area contributed by atoms with E-state index in [9.17, 15) is 4.79 Å². The second kappa shape index (κ2) is 6.36. The van der Waals surface area contributed by atoms with Crippen LogP contribution in [0.1, 0.15) is 23.7 Å². The van der Waals surface area contributed by atoms with Crippen molar-refractivity contribution in [1.29, 1.82) is 0 Å². The maximum atomic E-state index is 12.9. The Morgan fingerprint density at radius 3 is 2.86 bits per heavy atom. The SMILES string of the molecule is CCN(CC1CCOC1)C(=O)c1cnn(C)c1-n1cccc1. The summed E-state index contributed by atoms with van der Waals surface area (Å²) in [6.45, 7) is 5.00. The van der Waals surface area contributed by atoms with E-state index in [4.69, 9.17) is 4.74 Å². The Morgan fingerprint density at radius 2 is 2.23 bits per heavy atom. The van der Waals surface area contributed by atoms with Gasteiger partial charge in [-0.05, 0) is 25.5 Å². The summed E-state index contributed by atoms with van der Waals surface area (Å²) in [4.78, 5) is 14.8. The lowest BCUT2D eigenvalue weighted by Crippen LogP contribution is -2.35. The zero-order valence-corrected chi connectivity index (χ0v) is 13.1. The monoisotopic (exact) mass is 302 g/mol. The van der Waals surface area contributed by atoms with Crippen molar-refractivity contribution < 1.29 is 9.53 Å². The molecule has 22 heavy (non-hydrogen) atoms. The average Bonchev–Trinajstić information content (AvgIpc) is 3.25. The Balaban J connectivity index is 1.84. The predicted octanol–water partition coefficient (Wildman–Crippen LogP) is 1.71. The Morgan fingerprint density at radius 1 is 1.45 bits per heavy atom. The van der Waals surface area contributed by atoms with Gasteiger partial charge in [-0.15, -0.1) is 0 Å². The van der Waals surface area contributed by atoms with Crippen molar-refractivity contribution in [3.05, 3.63) is 36.3 Å².